The predicted molar refractivity (Wildman–Crippen MR) is 131 cm³/mol. The van der Waals surface area contributed by atoms with Crippen molar-refractivity contribution in [3.8, 4) is 0 Å². The first-order chi connectivity index (χ1) is 14.9. The minimum Gasteiger partial charge on any atom is -0.370 e. The molecular weight excluding hydrogens is 407 g/mol. The minimum atomic E-state index is -0.428. The SMILES string of the molecule is B[C@@H]1CCCCN1C(=S)[C@H](C)NC(=O)[C@@H]1CCCN1C(=O)[C@H](Cc1ccccc1)NC. The van der Waals surface area contributed by atoms with Gasteiger partial charge in [-0.3, -0.25) is 9.59 Å². The van der Waals surface area contributed by atoms with Gasteiger partial charge in [0.15, 0.2) is 0 Å². The van der Waals surface area contributed by atoms with Crippen LogP contribution in [-0.4, -0.2) is 78.7 Å². The summed E-state index contributed by atoms with van der Waals surface area (Å²) >= 11 is 5.70. The van der Waals surface area contributed by atoms with Gasteiger partial charge in [-0.25, -0.2) is 0 Å². The molecule has 2 aliphatic rings. The number of likely N-dealkylation sites (N-methyl/N-ethyl adjacent to an activating group) is 1. The molecule has 2 heterocycles. The summed E-state index contributed by atoms with van der Waals surface area (Å²) in [6.45, 7) is 3.53. The number of carbonyl (C=O) groups is 2. The standard InChI is InChI=1S/C23H35BN4O2S/c1-16(23(31)28-13-7-6-12-20(28)24)26-21(29)19-11-8-14-27(19)22(30)18(25-2)15-17-9-4-3-5-10-17/h3-5,9-10,16,18-20,25H,6-8,11-15,24H2,1-2H3,(H,26,29)/t16-,18-,19-,20-/m0/s1. The van der Waals surface area contributed by atoms with Crippen LogP contribution in [0.1, 0.15) is 44.6 Å². The van der Waals surface area contributed by atoms with Crippen LogP contribution in [-0.2, 0) is 16.0 Å². The van der Waals surface area contributed by atoms with Gasteiger partial charge in [0.2, 0.25) is 11.8 Å². The van der Waals surface area contributed by atoms with Gasteiger partial charge in [-0.1, -0.05) is 49.0 Å². The molecule has 3 rings (SSSR count). The fraction of sp³-hybridized carbons (Fsp3) is 0.609. The largest absolute Gasteiger partial charge is 0.370 e. The highest BCUT2D eigenvalue weighted by Gasteiger charge is 2.37. The second-order valence-electron chi connectivity index (χ2n) is 8.83. The Labute approximate surface area is 192 Å². The Morgan fingerprint density at radius 2 is 1.84 bits per heavy atom. The van der Waals surface area contributed by atoms with Gasteiger partial charge in [-0.05, 0) is 57.6 Å². The Morgan fingerprint density at radius 3 is 2.52 bits per heavy atom. The van der Waals surface area contributed by atoms with Crippen molar-refractivity contribution in [3.63, 3.8) is 0 Å². The highest BCUT2D eigenvalue weighted by atomic mass is 32.1. The number of piperidine rings is 1. The number of carbonyl (C=O) groups excluding carboxylic acids is 2. The van der Waals surface area contributed by atoms with E-state index in [0.29, 0.717) is 25.3 Å². The molecule has 0 bridgehead atoms. The zero-order valence-electron chi connectivity index (χ0n) is 19.0. The van der Waals surface area contributed by atoms with Crippen molar-refractivity contribution in [1.29, 1.82) is 0 Å². The lowest BCUT2D eigenvalue weighted by molar-refractivity contribution is -0.140. The van der Waals surface area contributed by atoms with E-state index in [4.69, 9.17) is 12.2 Å². The Hall–Kier alpha value is -1.93. The molecule has 1 aromatic rings. The van der Waals surface area contributed by atoms with E-state index >= 15 is 0 Å². The number of benzene rings is 1. The fourth-order valence-electron chi connectivity index (χ4n) is 4.71. The molecule has 2 saturated heterocycles. The Balaban J connectivity index is 1.61. The van der Waals surface area contributed by atoms with E-state index in [1.807, 2.05) is 37.3 Å². The lowest BCUT2D eigenvalue weighted by Gasteiger charge is -2.38. The first kappa shape index (κ1) is 23.7. The Morgan fingerprint density at radius 1 is 1.13 bits per heavy atom. The van der Waals surface area contributed by atoms with Crippen molar-refractivity contribution in [3.05, 3.63) is 35.9 Å². The number of rotatable bonds is 7. The molecule has 2 aliphatic heterocycles. The summed E-state index contributed by atoms with van der Waals surface area (Å²) in [6, 6.07) is 8.98. The van der Waals surface area contributed by atoms with Crippen LogP contribution in [0.15, 0.2) is 30.3 Å². The first-order valence-electron chi connectivity index (χ1n) is 11.5. The van der Waals surface area contributed by atoms with Crippen molar-refractivity contribution in [2.75, 3.05) is 20.1 Å². The van der Waals surface area contributed by atoms with Gasteiger partial charge in [0, 0.05) is 13.1 Å². The van der Waals surface area contributed by atoms with Gasteiger partial charge in [-0.15, -0.1) is 0 Å². The van der Waals surface area contributed by atoms with Gasteiger partial charge in [0.05, 0.1) is 17.1 Å². The summed E-state index contributed by atoms with van der Waals surface area (Å²) in [4.78, 5) is 31.2. The number of nitrogens with zero attached hydrogens (tertiary/aromatic N) is 2. The first-order valence-corrected chi connectivity index (χ1v) is 12.0. The predicted octanol–water partition coefficient (Wildman–Crippen LogP) is 1.09. The molecule has 0 radical (unpaired) electrons. The lowest BCUT2D eigenvalue weighted by atomic mass is 9.86. The van der Waals surface area contributed by atoms with E-state index in [2.05, 4.69) is 23.4 Å². The Bertz CT molecular complexity index is 778. The highest BCUT2D eigenvalue weighted by Crippen LogP contribution is 2.21. The van der Waals surface area contributed by atoms with Gasteiger partial charge in [0.1, 0.15) is 13.9 Å². The summed E-state index contributed by atoms with van der Waals surface area (Å²) in [5.74, 6) is 0.309. The van der Waals surface area contributed by atoms with E-state index in [-0.39, 0.29) is 23.9 Å². The van der Waals surface area contributed by atoms with Crippen LogP contribution >= 0.6 is 12.2 Å². The maximum Gasteiger partial charge on any atom is 0.243 e. The number of nitrogens with one attached hydrogen (secondary N) is 2. The number of thiocarbonyl (C=S) groups is 1. The maximum absolute atomic E-state index is 13.3. The second kappa shape index (κ2) is 11.1. The lowest BCUT2D eigenvalue weighted by Crippen LogP contribution is -2.56. The number of hydrogen-bond acceptors (Lipinski definition) is 4. The fourth-order valence-corrected chi connectivity index (χ4v) is 5.04. The normalized spacial score (nSPS) is 23.3. The van der Waals surface area contributed by atoms with Gasteiger partial charge >= 0.3 is 0 Å². The minimum absolute atomic E-state index is 0.0103. The molecule has 2 fully saturated rings. The smallest absolute Gasteiger partial charge is 0.243 e. The van der Waals surface area contributed by atoms with E-state index < -0.39 is 6.04 Å². The summed E-state index contributed by atoms with van der Waals surface area (Å²) < 4.78 is 0. The molecule has 0 unspecified atom stereocenters. The van der Waals surface area contributed by atoms with Crippen LogP contribution in [0, 0.1) is 0 Å². The summed E-state index contributed by atoms with van der Waals surface area (Å²) in [6.07, 6.45) is 5.65. The molecule has 0 aliphatic carbocycles. The molecule has 2 amide bonds. The van der Waals surface area contributed by atoms with Crippen LogP contribution in [0.25, 0.3) is 0 Å². The van der Waals surface area contributed by atoms with Crippen molar-refractivity contribution in [2.45, 2.75) is 69.5 Å². The van der Waals surface area contributed by atoms with Crippen molar-refractivity contribution >= 4 is 36.9 Å². The molecule has 0 spiro atoms. The van der Waals surface area contributed by atoms with Crippen LogP contribution in [0.3, 0.4) is 0 Å². The average molecular weight is 442 g/mol. The van der Waals surface area contributed by atoms with E-state index in [9.17, 15) is 9.59 Å². The summed E-state index contributed by atoms with van der Waals surface area (Å²) in [7, 11) is 4.00. The van der Waals surface area contributed by atoms with E-state index in [0.717, 1.165) is 36.4 Å². The van der Waals surface area contributed by atoms with E-state index in [1.165, 1.54) is 6.42 Å². The third kappa shape index (κ3) is 5.86. The van der Waals surface area contributed by atoms with Gasteiger partial charge in [-0.2, -0.15) is 0 Å². The molecular formula is C23H35BN4O2S. The van der Waals surface area contributed by atoms with Crippen LogP contribution in [0.4, 0.5) is 0 Å². The average Bonchev–Trinajstić information content (AvgIpc) is 3.27. The monoisotopic (exact) mass is 442 g/mol. The van der Waals surface area contributed by atoms with Crippen molar-refractivity contribution in [1.82, 2.24) is 20.4 Å². The van der Waals surface area contributed by atoms with Gasteiger partial charge < -0.3 is 20.4 Å². The molecule has 2 N–H and O–H groups in total. The summed E-state index contributed by atoms with van der Waals surface area (Å²) in [5, 5.41) is 6.24. The molecule has 0 aromatic heterocycles. The van der Waals surface area contributed by atoms with Crippen LogP contribution < -0.4 is 10.6 Å². The number of hydrogen-bond donors (Lipinski definition) is 2. The van der Waals surface area contributed by atoms with Crippen LogP contribution in [0.2, 0.25) is 0 Å². The molecule has 4 atom stereocenters. The molecule has 1 aromatic carbocycles. The van der Waals surface area contributed by atoms with Gasteiger partial charge in [0.25, 0.3) is 0 Å². The molecule has 0 saturated carbocycles. The number of likely N-dealkylation sites (tertiary alicyclic amines) is 2. The summed E-state index contributed by atoms with van der Waals surface area (Å²) in [5.41, 5.74) is 1.10. The topological polar surface area (TPSA) is 64.7 Å². The molecule has 168 valence electrons. The van der Waals surface area contributed by atoms with E-state index in [1.54, 1.807) is 11.9 Å². The third-order valence-electron chi connectivity index (χ3n) is 6.58. The molecule has 8 heteroatoms. The number of amides is 2. The molecule has 31 heavy (non-hydrogen) atoms. The quantitative estimate of drug-likeness (QED) is 0.489. The second-order valence-corrected chi connectivity index (χ2v) is 9.25. The zero-order chi connectivity index (χ0) is 22.4. The molecule has 6 nitrogen and oxygen atoms in total. The third-order valence-corrected chi connectivity index (χ3v) is 7.17. The van der Waals surface area contributed by atoms with Crippen molar-refractivity contribution in [2.24, 2.45) is 0 Å². The highest BCUT2D eigenvalue weighted by molar-refractivity contribution is 7.80. The van der Waals surface area contributed by atoms with Crippen LogP contribution in [0.5, 0.6) is 0 Å². The Kier molecular flexibility index (Phi) is 8.49. The maximum atomic E-state index is 13.3. The zero-order valence-corrected chi connectivity index (χ0v) is 19.8. The van der Waals surface area contributed by atoms with Crippen molar-refractivity contribution < 1.29 is 9.59 Å².